The van der Waals surface area contributed by atoms with Gasteiger partial charge in [0, 0.05) is 16.9 Å². The summed E-state index contributed by atoms with van der Waals surface area (Å²) in [5.41, 5.74) is 0. The van der Waals surface area contributed by atoms with Crippen LogP contribution in [0.5, 0.6) is 0 Å². The molecule has 1 aliphatic heterocycles. The zero-order valence-electron chi connectivity index (χ0n) is 9.44. The minimum Gasteiger partial charge on any atom is -0.211 e. The van der Waals surface area contributed by atoms with E-state index in [4.69, 9.17) is 0 Å². The van der Waals surface area contributed by atoms with Crippen LogP contribution in [0.3, 0.4) is 0 Å². The van der Waals surface area contributed by atoms with Crippen molar-refractivity contribution in [3.63, 3.8) is 0 Å². The maximum atomic E-state index is 12.9. The highest BCUT2D eigenvalue weighted by atomic mass is 32.3. The van der Waals surface area contributed by atoms with Gasteiger partial charge >= 0.3 is 31.9 Å². The van der Waals surface area contributed by atoms with Crippen LogP contribution in [-0.2, 0) is 20.4 Å². The Morgan fingerprint density at radius 2 is 1.30 bits per heavy atom. The number of hydrogen-bond acceptors (Lipinski definition) is 5. The average molecular weight is 350 g/mol. The molecule has 0 aromatic rings. The first-order valence-corrected chi connectivity index (χ1v) is 7.70. The number of halogens is 6. The molecule has 120 valence electrons. The Bertz CT molecular complexity index is 565. The van der Waals surface area contributed by atoms with Gasteiger partial charge in [0.25, 0.3) is 0 Å². The molecule has 0 atom stereocenters. The first-order chi connectivity index (χ1) is 8.73. The molecule has 0 saturated carbocycles. The van der Waals surface area contributed by atoms with Crippen molar-refractivity contribution in [3.8, 4) is 0 Å². The fourth-order valence-corrected chi connectivity index (χ4v) is 4.13. The SMILES string of the molecule is O=S(=O)(F)N(N1CCCC1)S(=O)(=O)C(F)(F)C(F)(F)F. The predicted octanol–water partition coefficient (Wildman–Crippen LogP) is 0.998. The van der Waals surface area contributed by atoms with Gasteiger partial charge in [0.15, 0.2) is 0 Å². The van der Waals surface area contributed by atoms with E-state index in [0.29, 0.717) is 0 Å². The molecular weight excluding hydrogens is 342 g/mol. The van der Waals surface area contributed by atoms with Gasteiger partial charge in [-0.05, 0) is 12.8 Å². The second-order valence-electron chi connectivity index (χ2n) is 3.80. The summed E-state index contributed by atoms with van der Waals surface area (Å²) in [6.45, 7) is -0.980. The van der Waals surface area contributed by atoms with E-state index in [1.807, 2.05) is 0 Å². The number of sulfonamides is 1. The molecule has 0 aromatic carbocycles. The maximum Gasteiger partial charge on any atom is 0.471 e. The monoisotopic (exact) mass is 350 g/mol. The van der Waals surface area contributed by atoms with Crippen LogP contribution in [0, 0.1) is 0 Å². The van der Waals surface area contributed by atoms with Crippen LogP contribution in [0.2, 0.25) is 0 Å². The van der Waals surface area contributed by atoms with E-state index in [1.165, 1.54) is 0 Å². The normalized spacial score (nSPS) is 19.8. The molecule has 0 radical (unpaired) electrons. The van der Waals surface area contributed by atoms with Crippen molar-refractivity contribution < 1.29 is 42.7 Å². The molecule has 20 heavy (non-hydrogen) atoms. The molecule has 0 aromatic heterocycles. The Morgan fingerprint density at radius 1 is 0.900 bits per heavy atom. The largest absolute Gasteiger partial charge is 0.471 e. The molecule has 0 spiro atoms. The van der Waals surface area contributed by atoms with Crippen LogP contribution in [0.25, 0.3) is 0 Å². The Balaban J connectivity index is 3.41. The third kappa shape index (κ3) is 2.87. The average Bonchev–Trinajstić information content (AvgIpc) is 2.65. The number of hydrazine groups is 1. The minimum absolute atomic E-state index is 0.0737. The summed E-state index contributed by atoms with van der Waals surface area (Å²) in [4.78, 5) is 0. The van der Waals surface area contributed by atoms with Gasteiger partial charge in [-0.2, -0.15) is 30.4 Å². The van der Waals surface area contributed by atoms with Gasteiger partial charge in [0.05, 0.1) is 0 Å². The molecule has 1 heterocycles. The quantitative estimate of drug-likeness (QED) is 0.559. The fraction of sp³-hybridized carbons (Fsp3) is 1.00. The smallest absolute Gasteiger partial charge is 0.211 e. The molecule has 0 unspecified atom stereocenters. The molecule has 14 heteroatoms. The molecule has 1 saturated heterocycles. The van der Waals surface area contributed by atoms with Crippen molar-refractivity contribution in [1.29, 1.82) is 0 Å². The zero-order valence-corrected chi connectivity index (χ0v) is 11.1. The second kappa shape index (κ2) is 4.99. The third-order valence-electron chi connectivity index (χ3n) is 2.36. The van der Waals surface area contributed by atoms with Gasteiger partial charge in [-0.25, -0.2) is 13.4 Å². The van der Waals surface area contributed by atoms with Crippen LogP contribution in [-0.4, -0.2) is 50.2 Å². The summed E-state index contributed by atoms with van der Waals surface area (Å²) >= 11 is 0. The van der Waals surface area contributed by atoms with Crippen LogP contribution < -0.4 is 0 Å². The minimum atomic E-state index is -6.86. The molecular formula is C6H8F6N2O4S2. The van der Waals surface area contributed by atoms with E-state index in [0.717, 1.165) is 0 Å². The first-order valence-electron chi connectivity index (χ1n) is 4.92. The summed E-state index contributed by atoms with van der Waals surface area (Å²) in [6.07, 6.45) is -6.37. The predicted molar refractivity (Wildman–Crippen MR) is 52.6 cm³/mol. The summed E-state index contributed by atoms with van der Waals surface area (Å²) in [5, 5.41) is -6.37. The van der Waals surface area contributed by atoms with Crippen LogP contribution in [0.1, 0.15) is 12.8 Å². The highest BCUT2D eigenvalue weighted by Gasteiger charge is 2.71. The lowest BCUT2D eigenvalue weighted by atomic mass is 10.4. The maximum absolute atomic E-state index is 12.9. The second-order valence-corrected chi connectivity index (χ2v) is 7.01. The van der Waals surface area contributed by atoms with Crippen LogP contribution >= 0.6 is 0 Å². The Labute approximate surface area is 110 Å². The van der Waals surface area contributed by atoms with Crippen molar-refractivity contribution in [3.05, 3.63) is 0 Å². The van der Waals surface area contributed by atoms with Crippen molar-refractivity contribution in [2.45, 2.75) is 24.3 Å². The van der Waals surface area contributed by atoms with Gasteiger partial charge < -0.3 is 0 Å². The Morgan fingerprint density at radius 3 is 1.60 bits per heavy atom. The van der Waals surface area contributed by atoms with Gasteiger partial charge in [0.1, 0.15) is 0 Å². The zero-order chi connectivity index (χ0) is 16.0. The van der Waals surface area contributed by atoms with Crippen molar-refractivity contribution in [2.24, 2.45) is 0 Å². The molecule has 0 amide bonds. The van der Waals surface area contributed by atoms with Crippen molar-refractivity contribution >= 4 is 20.4 Å². The summed E-state index contributed by atoms with van der Waals surface area (Å²) in [6, 6.07) is 0. The van der Waals surface area contributed by atoms with Crippen LogP contribution in [0.15, 0.2) is 0 Å². The van der Waals surface area contributed by atoms with Crippen molar-refractivity contribution in [2.75, 3.05) is 13.1 Å². The number of nitrogens with zero attached hydrogens (tertiary/aromatic N) is 2. The number of hydrogen-bond donors (Lipinski definition) is 0. The highest BCUT2D eigenvalue weighted by molar-refractivity contribution is 8.02. The molecule has 0 bridgehead atoms. The summed E-state index contributed by atoms with van der Waals surface area (Å²) in [7, 11) is -13.2. The van der Waals surface area contributed by atoms with Crippen LogP contribution in [0.4, 0.5) is 25.8 Å². The summed E-state index contributed by atoms with van der Waals surface area (Å²) in [5.74, 6) is 0. The van der Waals surface area contributed by atoms with E-state index in [9.17, 15) is 42.7 Å². The molecule has 6 nitrogen and oxygen atoms in total. The Hall–Kier alpha value is -0.600. The highest BCUT2D eigenvalue weighted by Crippen LogP contribution is 2.43. The molecule has 1 fully saturated rings. The Kier molecular flexibility index (Phi) is 4.36. The van der Waals surface area contributed by atoms with E-state index in [1.54, 1.807) is 0 Å². The lowest BCUT2D eigenvalue weighted by molar-refractivity contribution is -0.243. The number of rotatable bonds is 4. The van der Waals surface area contributed by atoms with E-state index in [-0.39, 0.29) is 17.9 Å². The lowest BCUT2D eigenvalue weighted by Crippen LogP contribution is -2.57. The summed E-state index contributed by atoms with van der Waals surface area (Å²) < 4.78 is 117. The van der Waals surface area contributed by atoms with E-state index < -0.39 is 48.8 Å². The van der Waals surface area contributed by atoms with Gasteiger partial charge in [-0.15, -0.1) is 0 Å². The van der Waals surface area contributed by atoms with Gasteiger partial charge in [-0.1, -0.05) is 3.89 Å². The first kappa shape index (κ1) is 17.5. The van der Waals surface area contributed by atoms with Gasteiger partial charge in [0.2, 0.25) is 0 Å². The van der Waals surface area contributed by atoms with Gasteiger partial charge in [-0.3, -0.25) is 0 Å². The lowest BCUT2D eigenvalue weighted by Gasteiger charge is -2.30. The topological polar surface area (TPSA) is 74.8 Å². The standard InChI is InChI=1S/C6H8F6N2O4S2/c7-5(8,9)6(10,11)19(15,16)14(20(12,17)18)13-3-1-2-4-13/h1-4H2. The van der Waals surface area contributed by atoms with E-state index >= 15 is 0 Å². The van der Waals surface area contributed by atoms with Crippen molar-refractivity contribution in [1.82, 2.24) is 8.83 Å². The van der Waals surface area contributed by atoms with E-state index in [2.05, 4.69) is 0 Å². The molecule has 1 rings (SSSR count). The molecule has 0 N–H and O–H groups in total. The fourth-order valence-electron chi connectivity index (χ4n) is 1.52. The molecule has 0 aliphatic carbocycles. The third-order valence-corrected chi connectivity index (χ3v) is 5.61. The molecule has 1 aliphatic rings. The number of alkyl halides is 5.